The number of aromatic carboxylic acids is 1. The number of hydrogen-bond acceptors (Lipinski definition) is 3. The molecule has 1 heterocycles. The molecule has 21 heavy (non-hydrogen) atoms. The summed E-state index contributed by atoms with van der Waals surface area (Å²) in [5.41, 5.74) is 0.496. The lowest BCUT2D eigenvalue weighted by Crippen LogP contribution is -2.42. The Hall–Kier alpha value is -1.60. The fraction of sp³-hybridized carbons (Fsp3) is 0.429. The molecule has 0 bridgehead atoms. The first-order valence-corrected chi connectivity index (χ1v) is 7.44. The molecule has 2 amide bonds. The Kier molecular flexibility index (Phi) is 4.84. The molecule has 2 rings (SSSR count). The summed E-state index contributed by atoms with van der Waals surface area (Å²) in [5.74, 6) is -0.812. The van der Waals surface area contributed by atoms with E-state index in [0.717, 1.165) is 6.42 Å². The van der Waals surface area contributed by atoms with Crippen LogP contribution in [0.4, 0.5) is 10.5 Å². The minimum Gasteiger partial charge on any atom is -0.478 e. The first-order valence-electron chi connectivity index (χ1n) is 6.64. The zero-order valence-corrected chi connectivity index (χ0v) is 13.1. The summed E-state index contributed by atoms with van der Waals surface area (Å²) in [6.07, 6.45) is 0.845. The molecule has 3 N–H and O–H groups in total. The van der Waals surface area contributed by atoms with Crippen molar-refractivity contribution in [2.45, 2.75) is 19.4 Å². The van der Waals surface area contributed by atoms with Crippen LogP contribution in [0.25, 0.3) is 0 Å². The number of carbonyl (C=O) groups is 2. The Bertz CT molecular complexity index is 564. The molecule has 0 spiro atoms. The van der Waals surface area contributed by atoms with Crippen LogP contribution in [0.2, 0.25) is 0 Å². The van der Waals surface area contributed by atoms with E-state index in [1.807, 2.05) is 6.92 Å². The largest absolute Gasteiger partial charge is 0.478 e. The van der Waals surface area contributed by atoms with E-state index in [9.17, 15) is 14.7 Å². The zero-order valence-electron chi connectivity index (χ0n) is 11.5. The molecule has 1 aromatic rings. The molecule has 1 aliphatic rings. The van der Waals surface area contributed by atoms with E-state index in [2.05, 4.69) is 21.2 Å². The number of amides is 2. The predicted octanol–water partition coefficient (Wildman–Crippen LogP) is 2.38. The monoisotopic (exact) mass is 356 g/mol. The van der Waals surface area contributed by atoms with Crippen LogP contribution in [0.1, 0.15) is 23.7 Å². The van der Waals surface area contributed by atoms with Gasteiger partial charge in [0.2, 0.25) is 0 Å². The second-order valence-corrected chi connectivity index (χ2v) is 6.09. The van der Waals surface area contributed by atoms with Crippen molar-refractivity contribution in [2.24, 2.45) is 5.92 Å². The number of urea groups is 1. The number of carbonyl (C=O) groups excluding carboxylic acids is 1. The van der Waals surface area contributed by atoms with Crippen LogP contribution in [0.5, 0.6) is 0 Å². The van der Waals surface area contributed by atoms with Crippen molar-refractivity contribution in [1.82, 2.24) is 4.90 Å². The van der Waals surface area contributed by atoms with Gasteiger partial charge < -0.3 is 20.4 Å². The Morgan fingerprint density at radius 2 is 2.14 bits per heavy atom. The number of carboxylic acids is 1. The molecule has 1 aliphatic heterocycles. The Morgan fingerprint density at radius 3 is 2.76 bits per heavy atom. The van der Waals surface area contributed by atoms with Crippen molar-refractivity contribution in [1.29, 1.82) is 0 Å². The lowest BCUT2D eigenvalue weighted by molar-refractivity contribution is 0.0696. The maximum absolute atomic E-state index is 12.3. The quantitative estimate of drug-likeness (QED) is 0.775. The summed E-state index contributed by atoms with van der Waals surface area (Å²) >= 11 is 3.22. The Labute approximate surface area is 130 Å². The number of hydrogen-bond donors (Lipinski definition) is 3. The molecule has 6 nitrogen and oxygen atoms in total. The third-order valence-electron chi connectivity index (χ3n) is 3.73. The van der Waals surface area contributed by atoms with Crippen molar-refractivity contribution in [3.8, 4) is 0 Å². The van der Waals surface area contributed by atoms with E-state index < -0.39 is 5.97 Å². The maximum atomic E-state index is 12.3. The molecule has 0 aromatic heterocycles. The number of nitrogens with zero attached hydrogens (tertiary/aromatic N) is 1. The molecule has 1 aromatic carbocycles. The molecule has 0 saturated carbocycles. The van der Waals surface area contributed by atoms with Gasteiger partial charge in [0.25, 0.3) is 0 Å². The van der Waals surface area contributed by atoms with Crippen molar-refractivity contribution < 1.29 is 19.8 Å². The van der Waals surface area contributed by atoms with Crippen molar-refractivity contribution in [3.05, 3.63) is 28.2 Å². The average molecular weight is 357 g/mol. The summed E-state index contributed by atoms with van der Waals surface area (Å²) < 4.78 is 0.575. The highest BCUT2D eigenvalue weighted by Crippen LogP contribution is 2.25. The summed E-state index contributed by atoms with van der Waals surface area (Å²) in [7, 11) is 0. The fourth-order valence-electron chi connectivity index (χ4n) is 2.52. The van der Waals surface area contributed by atoms with Gasteiger partial charge >= 0.3 is 12.0 Å². The molecular formula is C14H17BrN2O4. The smallest absolute Gasteiger partial charge is 0.335 e. The van der Waals surface area contributed by atoms with Gasteiger partial charge in [-0.1, -0.05) is 22.9 Å². The number of aliphatic hydroxyl groups is 1. The van der Waals surface area contributed by atoms with Gasteiger partial charge in [-0.3, -0.25) is 0 Å². The number of anilines is 1. The van der Waals surface area contributed by atoms with Crippen molar-refractivity contribution in [3.63, 3.8) is 0 Å². The molecule has 0 aliphatic carbocycles. The Balaban J connectivity index is 2.14. The number of benzene rings is 1. The molecule has 2 unspecified atom stereocenters. The van der Waals surface area contributed by atoms with E-state index in [-0.39, 0.29) is 30.2 Å². The van der Waals surface area contributed by atoms with E-state index in [4.69, 9.17) is 5.11 Å². The van der Waals surface area contributed by atoms with Crippen LogP contribution in [0.15, 0.2) is 22.7 Å². The second kappa shape index (κ2) is 6.44. The molecule has 0 radical (unpaired) electrons. The van der Waals surface area contributed by atoms with E-state index >= 15 is 0 Å². The van der Waals surface area contributed by atoms with Crippen LogP contribution >= 0.6 is 15.9 Å². The van der Waals surface area contributed by atoms with Crippen molar-refractivity contribution >= 4 is 33.6 Å². The minimum atomic E-state index is -1.06. The van der Waals surface area contributed by atoms with Gasteiger partial charge in [-0.2, -0.15) is 0 Å². The molecule has 7 heteroatoms. The summed E-state index contributed by atoms with van der Waals surface area (Å²) in [6, 6.07) is 3.98. The zero-order chi connectivity index (χ0) is 15.6. The standard InChI is InChI=1S/C14H17BrN2O4/c1-8-2-3-17(12(8)7-18)14(21)16-11-5-9(13(19)20)4-10(15)6-11/h4-6,8,12,18H,2-3,7H2,1H3,(H,16,21)(H,19,20). The molecule has 1 fully saturated rings. The SMILES string of the molecule is CC1CCN(C(=O)Nc2cc(Br)cc(C(=O)O)c2)C1CO. The van der Waals surface area contributed by atoms with Gasteiger partial charge in [0.1, 0.15) is 0 Å². The van der Waals surface area contributed by atoms with Gasteiger partial charge in [-0.05, 0) is 30.5 Å². The highest BCUT2D eigenvalue weighted by molar-refractivity contribution is 9.10. The van der Waals surface area contributed by atoms with E-state index in [0.29, 0.717) is 16.7 Å². The number of halogens is 1. The Morgan fingerprint density at radius 1 is 1.43 bits per heavy atom. The number of nitrogens with one attached hydrogen (secondary N) is 1. The van der Waals surface area contributed by atoms with Crippen LogP contribution in [0.3, 0.4) is 0 Å². The van der Waals surface area contributed by atoms with Crippen LogP contribution in [-0.2, 0) is 0 Å². The van der Waals surface area contributed by atoms with Gasteiger partial charge in [-0.25, -0.2) is 9.59 Å². The third kappa shape index (κ3) is 3.54. The highest BCUT2D eigenvalue weighted by Gasteiger charge is 2.33. The molecule has 2 atom stereocenters. The molecule has 114 valence electrons. The highest BCUT2D eigenvalue weighted by atomic mass is 79.9. The normalized spacial score (nSPS) is 21.4. The molecular weight excluding hydrogens is 340 g/mol. The van der Waals surface area contributed by atoms with Gasteiger partial charge in [0.15, 0.2) is 0 Å². The summed E-state index contributed by atoms with van der Waals surface area (Å²) in [6.45, 7) is 2.50. The lowest BCUT2D eigenvalue weighted by Gasteiger charge is -2.25. The van der Waals surface area contributed by atoms with E-state index in [1.54, 1.807) is 11.0 Å². The van der Waals surface area contributed by atoms with Gasteiger partial charge in [0, 0.05) is 16.7 Å². The van der Waals surface area contributed by atoms with Crippen LogP contribution in [-0.4, -0.2) is 46.3 Å². The van der Waals surface area contributed by atoms with Gasteiger partial charge in [0.05, 0.1) is 18.2 Å². The average Bonchev–Trinajstić information content (AvgIpc) is 2.79. The third-order valence-corrected chi connectivity index (χ3v) is 4.18. The second-order valence-electron chi connectivity index (χ2n) is 5.17. The number of carboxylic acid groups (broad SMARTS) is 1. The maximum Gasteiger partial charge on any atom is 0.335 e. The predicted molar refractivity (Wildman–Crippen MR) is 81.5 cm³/mol. The fourth-order valence-corrected chi connectivity index (χ4v) is 3.01. The first-order chi connectivity index (χ1) is 9.92. The molecule has 1 saturated heterocycles. The van der Waals surface area contributed by atoms with Crippen LogP contribution < -0.4 is 5.32 Å². The lowest BCUT2D eigenvalue weighted by atomic mass is 10.0. The number of likely N-dealkylation sites (tertiary alicyclic amines) is 1. The van der Waals surface area contributed by atoms with E-state index in [1.165, 1.54) is 12.1 Å². The number of aliphatic hydroxyl groups excluding tert-OH is 1. The topological polar surface area (TPSA) is 89.9 Å². The summed E-state index contributed by atoms with van der Waals surface area (Å²) in [5, 5.41) is 21.1. The van der Waals surface area contributed by atoms with Crippen LogP contribution in [0, 0.1) is 5.92 Å². The van der Waals surface area contributed by atoms with Crippen molar-refractivity contribution in [2.75, 3.05) is 18.5 Å². The number of rotatable bonds is 3. The van der Waals surface area contributed by atoms with Gasteiger partial charge in [-0.15, -0.1) is 0 Å². The first kappa shape index (κ1) is 15.8. The summed E-state index contributed by atoms with van der Waals surface area (Å²) in [4.78, 5) is 24.9. The minimum absolute atomic E-state index is 0.0759.